The van der Waals surface area contributed by atoms with E-state index in [2.05, 4.69) is 0 Å². The van der Waals surface area contributed by atoms with Gasteiger partial charge in [-0.2, -0.15) is 5.26 Å². The maximum Gasteiger partial charge on any atom is 0.351 e. The van der Waals surface area contributed by atoms with Crippen molar-refractivity contribution in [1.29, 1.82) is 5.26 Å². The van der Waals surface area contributed by atoms with Crippen LogP contribution in [-0.4, -0.2) is 23.4 Å². The number of carbonyl (C=O) groups is 1. The molecule has 5 nitrogen and oxygen atoms in total. The highest BCUT2D eigenvalue weighted by Crippen LogP contribution is 2.48. The molecule has 2 aromatic rings. The summed E-state index contributed by atoms with van der Waals surface area (Å²) in [7, 11) is 0. The molecule has 1 heterocycles. The van der Waals surface area contributed by atoms with Crippen LogP contribution in [0.1, 0.15) is 12.5 Å². The van der Waals surface area contributed by atoms with Crippen LogP contribution in [0.15, 0.2) is 71.3 Å². The molecule has 26 heavy (non-hydrogen) atoms. The lowest BCUT2D eigenvalue weighted by molar-refractivity contribution is -0.138. The van der Waals surface area contributed by atoms with Gasteiger partial charge >= 0.3 is 5.97 Å². The monoisotopic (exact) mass is 366 g/mol. The molecule has 1 aliphatic rings. The lowest BCUT2D eigenvalue weighted by Crippen LogP contribution is -2.43. The molecule has 1 fully saturated rings. The highest BCUT2D eigenvalue weighted by molar-refractivity contribution is 8.03. The first-order valence-corrected chi connectivity index (χ1v) is 9.18. The molecular weight excluding hydrogens is 348 g/mol. The van der Waals surface area contributed by atoms with Gasteiger partial charge in [0.2, 0.25) is 0 Å². The van der Waals surface area contributed by atoms with Crippen molar-refractivity contribution in [2.24, 2.45) is 0 Å². The van der Waals surface area contributed by atoms with Crippen molar-refractivity contribution in [2.45, 2.75) is 12.6 Å². The Kier molecular flexibility index (Phi) is 5.31. The van der Waals surface area contributed by atoms with Crippen LogP contribution in [0, 0.1) is 11.3 Å². The molecule has 1 aliphatic heterocycles. The summed E-state index contributed by atoms with van der Waals surface area (Å²) < 4.78 is 5.02. The van der Waals surface area contributed by atoms with Crippen molar-refractivity contribution in [1.82, 2.24) is 0 Å². The molecule has 0 spiro atoms. The molecule has 0 bridgehead atoms. The number of rotatable bonds is 4. The normalized spacial score (nSPS) is 21.2. The quantitative estimate of drug-likeness (QED) is 0.508. The second-order valence-electron chi connectivity index (χ2n) is 5.65. The maximum atomic E-state index is 12.3. The van der Waals surface area contributed by atoms with Crippen LogP contribution >= 0.6 is 11.8 Å². The zero-order valence-corrected chi connectivity index (χ0v) is 15.1. The van der Waals surface area contributed by atoms with Crippen molar-refractivity contribution >= 4 is 23.4 Å². The van der Waals surface area contributed by atoms with Gasteiger partial charge in [0.25, 0.3) is 0 Å². The predicted molar refractivity (Wildman–Crippen MR) is 101 cm³/mol. The third-order valence-electron chi connectivity index (χ3n) is 4.04. The number of para-hydroxylation sites is 1. The summed E-state index contributed by atoms with van der Waals surface area (Å²) in [5, 5.41) is 21.5. The van der Waals surface area contributed by atoms with Crippen LogP contribution in [0.2, 0.25) is 0 Å². The van der Waals surface area contributed by atoms with E-state index >= 15 is 0 Å². The standard InChI is InChI=1S/C20H18N2O3S/c1-2-25-19(23)17(13-21)18-22(16-11-7-4-8-12-16)20(24,14-26-18)15-9-5-3-6-10-15/h3-12,24H,2,14H2,1H3/b18-17-. The number of nitrogens with zero attached hydrogens (tertiary/aromatic N) is 2. The molecule has 0 saturated carbocycles. The van der Waals surface area contributed by atoms with E-state index in [-0.39, 0.29) is 17.9 Å². The molecule has 1 unspecified atom stereocenters. The molecule has 3 rings (SSSR count). The zero-order valence-electron chi connectivity index (χ0n) is 14.3. The minimum absolute atomic E-state index is 0.104. The van der Waals surface area contributed by atoms with E-state index in [1.807, 2.05) is 66.7 Å². The highest BCUT2D eigenvalue weighted by Gasteiger charge is 2.46. The summed E-state index contributed by atoms with van der Waals surface area (Å²) in [6.07, 6.45) is 0. The smallest absolute Gasteiger partial charge is 0.351 e. The molecule has 1 saturated heterocycles. The SMILES string of the molecule is CCOC(=O)/C(C#N)=C1\SCC(O)(c2ccccc2)N1c1ccccc1. The average Bonchev–Trinajstić information content (AvgIpc) is 3.02. The minimum Gasteiger partial charge on any atom is -0.462 e. The van der Waals surface area contributed by atoms with Crippen LogP contribution in [0.4, 0.5) is 5.69 Å². The summed E-state index contributed by atoms with van der Waals surface area (Å²) in [6.45, 7) is 1.87. The Morgan fingerprint density at radius 3 is 2.42 bits per heavy atom. The molecule has 0 aliphatic carbocycles. The Balaban J connectivity index is 2.18. The number of aliphatic hydroxyl groups is 1. The number of nitriles is 1. The third-order valence-corrected chi connectivity index (χ3v) is 5.25. The van der Waals surface area contributed by atoms with E-state index in [1.165, 1.54) is 11.8 Å². The fourth-order valence-electron chi connectivity index (χ4n) is 2.86. The van der Waals surface area contributed by atoms with Crippen molar-refractivity contribution in [2.75, 3.05) is 17.3 Å². The topological polar surface area (TPSA) is 73.6 Å². The molecular formula is C20H18N2O3S. The summed E-state index contributed by atoms with van der Waals surface area (Å²) in [5.74, 6) is -0.401. The van der Waals surface area contributed by atoms with Gasteiger partial charge in [-0.25, -0.2) is 4.79 Å². The Morgan fingerprint density at radius 2 is 1.85 bits per heavy atom. The largest absolute Gasteiger partial charge is 0.462 e. The highest BCUT2D eigenvalue weighted by atomic mass is 32.2. The van der Waals surface area contributed by atoms with E-state index < -0.39 is 11.7 Å². The van der Waals surface area contributed by atoms with Crippen molar-refractivity contribution < 1.29 is 14.6 Å². The Hall–Kier alpha value is -2.75. The predicted octanol–water partition coefficient (Wildman–Crippen LogP) is 3.38. The second-order valence-corrected chi connectivity index (χ2v) is 6.62. The summed E-state index contributed by atoms with van der Waals surface area (Å²) >= 11 is 1.27. The van der Waals surface area contributed by atoms with Gasteiger partial charge in [0.05, 0.1) is 12.4 Å². The van der Waals surface area contributed by atoms with Gasteiger partial charge in [0.15, 0.2) is 11.3 Å². The van der Waals surface area contributed by atoms with E-state index in [1.54, 1.807) is 11.8 Å². The van der Waals surface area contributed by atoms with E-state index in [4.69, 9.17) is 4.74 Å². The van der Waals surface area contributed by atoms with Crippen LogP contribution < -0.4 is 4.90 Å². The molecule has 132 valence electrons. The second kappa shape index (κ2) is 7.65. The molecule has 0 amide bonds. The number of benzene rings is 2. The van der Waals surface area contributed by atoms with Crippen LogP contribution in [0.3, 0.4) is 0 Å². The first-order chi connectivity index (χ1) is 12.6. The Morgan fingerprint density at radius 1 is 1.23 bits per heavy atom. The maximum absolute atomic E-state index is 12.3. The Labute approximate surface area is 156 Å². The number of hydrogen-bond donors (Lipinski definition) is 1. The summed E-state index contributed by atoms with van der Waals surface area (Å²) in [6, 6.07) is 20.4. The van der Waals surface area contributed by atoms with Gasteiger partial charge < -0.3 is 14.7 Å². The summed E-state index contributed by atoms with van der Waals surface area (Å²) in [5.41, 5.74) is -0.104. The van der Waals surface area contributed by atoms with Gasteiger partial charge in [-0.15, -0.1) is 11.8 Å². The van der Waals surface area contributed by atoms with Crippen molar-refractivity contribution in [3.63, 3.8) is 0 Å². The number of hydrogen-bond acceptors (Lipinski definition) is 6. The van der Waals surface area contributed by atoms with Gasteiger partial charge in [-0.1, -0.05) is 48.5 Å². The van der Waals surface area contributed by atoms with Crippen LogP contribution in [-0.2, 0) is 15.3 Å². The number of ether oxygens (including phenoxy) is 1. The van der Waals surface area contributed by atoms with Crippen molar-refractivity contribution in [3.8, 4) is 6.07 Å². The minimum atomic E-state index is -1.38. The molecule has 0 radical (unpaired) electrons. The van der Waals surface area contributed by atoms with Crippen LogP contribution in [0.25, 0.3) is 0 Å². The van der Waals surface area contributed by atoms with Gasteiger partial charge in [0.1, 0.15) is 11.1 Å². The number of esters is 1. The van der Waals surface area contributed by atoms with Gasteiger partial charge in [0, 0.05) is 11.3 Å². The number of carbonyl (C=O) groups excluding carboxylic acids is 1. The third kappa shape index (κ3) is 3.19. The van der Waals surface area contributed by atoms with Gasteiger partial charge in [-0.3, -0.25) is 0 Å². The van der Waals surface area contributed by atoms with E-state index in [9.17, 15) is 15.2 Å². The average molecular weight is 366 g/mol. The first kappa shape index (κ1) is 18.1. The Bertz CT molecular complexity index is 862. The lowest BCUT2D eigenvalue weighted by atomic mass is 10.0. The molecule has 2 aromatic carbocycles. The lowest BCUT2D eigenvalue weighted by Gasteiger charge is -2.35. The molecule has 1 N–H and O–H groups in total. The van der Waals surface area contributed by atoms with Gasteiger partial charge in [-0.05, 0) is 19.1 Å². The van der Waals surface area contributed by atoms with Crippen LogP contribution in [0.5, 0.6) is 0 Å². The number of anilines is 1. The molecule has 1 atom stereocenters. The summed E-state index contributed by atoms with van der Waals surface area (Å²) in [4.78, 5) is 13.9. The van der Waals surface area contributed by atoms with Crippen molar-refractivity contribution in [3.05, 3.63) is 76.8 Å². The fourth-order valence-corrected chi connectivity index (χ4v) is 4.15. The molecule has 0 aromatic heterocycles. The zero-order chi connectivity index (χ0) is 18.6. The first-order valence-electron chi connectivity index (χ1n) is 8.19. The molecule has 6 heteroatoms. The number of thioether (sulfide) groups is 1. The fraction of sp³-hybridized carbons (Fsp3) is 0.200. The van der Waals surface area contributed by atoms with E-state index in [0.29, 0.717) is 16.3 Å². The van der Waals surface area contributed by atoms with E-state index in [0.717, 1.165) is 0 Å².